The van der Waals surface area contributed by atoms with Crippen LogP contribution in [-0.4, -0.2) is 35.9 Å². The molecule has 0 bridgehead atoms. The van der Waals surface area contributed by atoms with Crippen LogP contribution in [0.4, 0.5) is 0 Å². The van der Waals surface area contributed by atoms with E-state index in [1.165, 1.54) is 6.33 Å². The second-order valence-electron chi connectivity index (χ2n) is 5.42. The van der Waals surface area contributed by atoms with Crippen molar-refractivity contribution >= 4 is 10.0 Å². The van der Waals surface area contributed by atoms with Crippen LogP contribution in [0.25, 0.3) is 0 Å². The SMILES string of the molecule is COc1ccc(C2CCCN2S(=O)(=O)c2cn(C)cn2)cc1. The van der Waals surface area contributed by atoms with E-state index >= 15 is 0 Å². The van der Waals surface area contributed by atoms with Gasteiger partial charge in [-0.05, 0) is 30.5 Å². The molecule has 1 saturated heterocycles. The Morgan fingerprint density at radius 3 is 2.59 bits per heavy atom. The second kappa shape index (κ2) is 5.73. The topological polar surface area (TPSA) is 64.4 Å². The van der Waals surface area contributed by atoms with E-state index in [0.717, 1.165) is 24.2 Å². The van der Waals surface area contributed by atoms with Crippen molar-refractivity contribution in [1.82, 2.24) is 13.9 Å². The third kappa shape index (κ3) is 2.62. The molecule has 1 aliphatic rings. The van der Waals surface area contributed by atoms with E-state index in [2.05, 4.69) is 4.98 Å². The van der Waals surface area contributed by atoms with Gasteiger partial charge in [0.25, 0.3) is 10.0 Å². The molecule has 1 aromatic heterocycles. The van der Waals surface area contributed by atoms with Gasteiger partial charge in [0.05, 0.1) is 19.5 Å². The number of hydrogen-bond acceptors (Lipinski definition) is 4. The van der Waals surface area contributed by atoms with Gasteiger partial charge in [0, 0.05) is 19.8 Å². The van der Waals surface area contributed by atoms with Crippen LogP contribution in [0.2, 0.25) is 0 Å². The summed E-state index contributed by atoms with van der Waals surface area (Å²) >= 11 is 0. The number of imidazole rings is 1. The van der Waals surface area contributed by atoms with Gasteiger partial charge < -0.3 is 9.30 Å². The fourth-order valence-electron chi connectivity index (χ4n) is 2.83. The normalized spacial score (nSPS) is 19.5. The quantitative estimate of drug-likeness (QED) is 0.863. The number of sulfonamides is 1. The molecule has 2 heterocycles. The highest BCUT2D eigenvalue weighted by Crippen LogP contribution is 2.36. The van der Waals surface area contributed by atoms with E-state index in [1.807, 2.05) is 24.3 Å². The predicted molar refractivity (Wildman–Crippen MR) is 82.1 cm³/mol. The second-order valence-corrected chi connectivity index (χ2v) is 7.26. The zero-order valence-corrected chi connectivity index (χ0v) is 13.5. The van der Waals surface area contributed by atoms with Gasteiger partial charge in [-0.25, -0.2) is 13.4 Å². The van der Waals surface area contributed by atoms with Crippen molar-refractivity contribution in [2.24, 2.45) is 7.05 Å². The summed E-state index contributed by atoms with van der Waals surface area (Å²) in [5, 5.41) is 0.107. The molecule has 6 nitrogen and oxygen atoms in total. The summed E-state index contributed by atoms with van der Waals surface area (Å²) in [6, 6.07) is 7.43. The zero-order valence-electron chi connectivity index (χ0n) is 12.6. The van der Waals surface area contributed by atoms with Crippen LogP contribution in [0.1, 0.15) is 24.4 Å². The molecule has 0 aliphatic carbocycles. The van der Waals surface area contributed by atoms with E-state index in [0.29, 0.717) is 6.54 Å². The molecule has 1 aromatic carbocycles. The van der Waals surface area contributed by atoms with E-state index in [1.54, 1.807) is 29.2 Å². The van der Waals surface area contributed by atoms with Crippen molar-refractivity contribution in [2.45, 2.75) is 23.9 Å². The number of aryl methyl sites for hydroxylation is 1. The minimum absolute atomic E-state index is 0.107. The first-order valence-corrected chi connectivity index (χ1v) is 8.60. The highest BCUT2D eigenvalue weighted by Gasteiger charge is 2.37. The van der Waals surface area contributed by atoms with Crippen LogP contribution in [0.5, 0.6) is 5.75 Å². The van der Waals surface area contributed by atoms with Crippen molar-refractivity contribution in [2.75, 3.05) is 13.7 Å². The third-order valence-corrected chi connectivity index (χ3v) is 5.75. The van der Waals surface area contributed by atoms with Crippen molar-refractivity contribution in [1.29, 1.82) is 0 Å². The molecule has 1 aliphatic heterocycles. The number of benzene rings is 1. The number of nitrogens with zero attached hydrogens (tertiary/aromatic N) is 3. The van der Waals surface area contributed by atoms with Crippen molar-refractivity contribution in [3.05, 3.63) is 42.4 Å². The van der Waals surface area contributed by atoms with Crippen LogP contribution >= 0.6 is 0 Å². The summed E-state index contributed by atoms with van der Waals surface area (Å²) in [5.41, 5.74) is 0.984. The molecule has 0 saturated carbocycles. The van der Waals surface area contributed by atoms with Gasteiger partial charge in [-0.2, -0.15) is 4.31 Å². The fraction of sp³-hybridized carbons (Fsp3) is 0.400. The molecular weight excluding hydrogens is 302 g/mol. The maximum absolute atomic E-state index is 12.8. The Morgan fingerprint density at radius 1 is 1.27 bits per heavy atom. The van der Waals surface area contributed by atoms with Gasteiger partial charge in [0.15, 0.2) is 5.03 Å². The molecule has 118 valence electrons. The molecule has 1 unspecified atom stereocenters. The van der Waals surface area contributed by atoms with Crippen molar-refractivity contribution in [3.8, 4) is 5.75 Å². The summed E-state index contributed by atoms with van der Waals surface area (Å²) in [5.74, 6) is 0.765. The number of rotatable bonds is 4. The van der Waals surface area contributed by atoms with Crippen LogP contribution < -0.4 is 4.74 Å². The standard InChI is InChI=1S/C15H19N3O3S/c1-17-10-15(16-11-17)22(19,20)18-9-3-4-14(18)12-5-7-13(21-2)8-6-12/h5-8,10-11,14H,3-4,9H2,1-2H3. The summed E-state index contributed by atoms with van der Waals surface area (Å²) in [7, 11) is -0.186. The molecule has 0 amide bonds. The minimum atomic E-state index is -3.56. The highest BCUT2D eigenvalue weighted by molar-refractivity contribution is 7.89. The molecule has 22 heavy (non-hydrogen) atoms. The number of hydrogen-bond donors (Lipinski definition) is 0. The number of ether oxygens (including phenoxy) is 1. The van der Waals surface area contributed by atoms with Gasteiger partial charge in [-0.1, -0.05) is 12.1 Å². The molecule has 1 atom stereocenters. The Labute approximate surface area is 130 Å². The molecule has 0 N–H and O–H groups in total. The first-order chi connectivity index (χ1) is 10.5. The molecule has 1 fully saturated rings. The molecule has 7 heteroatoms. The van der Waals surface area contributed by atoms with Gasteiger partial charge in [-0.3, -0.25) is 0 Å². The Hall–Kier alpha value is -1.86. The average molecular weight is 321 g/mol. The lowest BCUT2D eigenvalue weighted by molar-refractivity contribution is 0.393. The van der Waals surface area contributed by atoms with Gasteiger partial charge in [-0.15, -0.1) is 0 Å². The van der Waals surface area contributed by atoms with Crippen molar-refractivity contribution in [3.63, 3.8) is 0 Å². The Bertz CT molecular complexity index is 753. The van der Waals surface area contributed by atoms with E-state index < -0.39 is 10.0 Å². The van der Waals surface area contributed by atoms with Crippen molar-refractivity contribution < 1.29 is 13.2 Å². The van der Waals surface area contributed by atoms with Crippen LogP contribution in [0.3, 0.4) is 0 Å². The molecule has 0 spiro atoms. The Morgan fingerprint density at radius 2 is 2.00 bits per heavy atom. The van der Waals surface area contributed by atoms with Gasteiger partial charge in [0.2, 0.25) is 0 Å². The maximum Gasteiger partial charge on any atom is 0.262 e. The molecule has 0 radical (unpaired) electrons. The summed E-state index contributed by atoms with van der Waals surface area (Å²) < 4.78 is 33.9. The van der Waals surface area contributed by atoms with Crippen LogP contribution in [-0.2, 0) is 17.1 Å². The first kappa shape index (κ1) is 15.1. The number of methoxy groups -OCH3 is 1. The van der Waals surface area contributed by atoms with E-state index in [-0.39, 0.29) is 11.1 Å². The smallest absolute Gasteiger partial charge is 0.262 e. The fourth-order valence-corrected chi connectivity index (χ4v) is 4.48. The maximum atomic E-state index is 12.8. The Balaban J connectivity index is 1.92. The summed E-state index contributed by atoms with van der Waals surface area (Å²) in [4.78, 5) is 4.00. The highest BCUT2D eigenvalue weighted by atomic mass is 32.2. The molecule has 3 rings (SSSR count). The first-order valence-electron chi connectivity index (χ1n) is 7.16. The molecule has 2 aromatic rings. The largest absolute Gasteiger partial charge is 0.497 e. The lowest BCUT2D eigenvalue weighted by Crippen LogP contribution is -2.31. The number of aromatic nitrogens is 2. The Kier molecular flexibility index (Phi) is 3.92. The van der Waals surface area contributed by atoms with Gasteiger partial charge >= 0.3 is 0 Å². The predicted octanol–water partition coefficient (Wildman–Crippen LogP) is 1.95. The summed E-state index contributed by atoms with van der Waals surface area (Å²) in [6.45, 7) is 0.523. The average Bonchev–Trinajstić information content (AvgIpc) is 3.16. The van der Waals surface area contributed by atoms with E-state index in [9.17, 15) is 8.42 Å². The summed E-state index contributed by atoms with van der Waals surface area (Å²) in [6.07, 6.45) is 4.71. The van der Waals surface area contributed by atoms with E-state index in [4.69, 9.17) is 4.74 Å². The molecular formula is C15H19N3O3S. The lowest BCUT2D eigenvalue weighted by atomic mass is 10.1. The lowest BCUT2D eigenvalue weighted by Gasteiger charge is -2.23. The minimum Gasteiger partial charge on any atom is -0.497 e. The third-order valence-electron chi connectivity index (χ3n) is 3.96. The zero-order chi connectivity index (χ0) is 15.7. The van der Waals surface area contributed by atoms with Crippen LogP contribution in [0.15, 0.2) is 41.8 Å². The van der Waals surface area contributed by atoms with Crippen LogP contribution in [0, 0.1) is 0 Å². The van der Waals surface area contributed by atoms with Gasteiger partial charge in [0.1, 0.15) is 5.75 Å². The monoisotopic (exact) mass is 321 g/mol.